The Labute approximate surface area is 104 Å². The maximum absolute atomic E-state index is 11.6. The Hall–Kier alpha value is -2.15. The third-order valence-corrected chi connectivity index (χ3v) is 2.71. The first-order chi connectivity index (χ1) is 8.65. The number of hydrogen-bond donors (Lipinski definition) is 3. The van der Waals surface area contributed by atoms with Crippen molar-refractivity contribution in [3.8, 4) is 0 Å². The number of rotatable bonds is 3. The summed E-state index contributed by atoms with van der Waals surface area (Å²) < 4.78 is 0. The molecular weight excluding hydrogens is 236 g/mol. The lowest BCUT2D eigenvalue weighted by Gasteiger charge is -2.12. The summed E-state index contributed by atoms with van der Waals surface area (Å²) in [6.45, 7) is 1.64. The summed E-state index contributed by atoms with van der Waals surface area (Å²) in [5, 5.41) is 19.1. The van der Waals surface area contributed by atoms with E-state index in [2.05, 4.69) is 16.0 Å². The first-order valence-corrected chi connectivity index (χ1v) is 5.68. The van der Waals surface area contributed by atoms with Crippen LogP contribution in [0.5, 0.6) is 0 Å². The summed E-state index contributed by atoms with van der Waals surface area (Å²) in [4.78, 5) is 21.7. The van der Waals surface area contributed by atoms with Crippen LogP contribution < -0.4 is 16.0 Å². The molecule has 0 spiro atoms. The highest BCUT2D eigenvalue weighted by molar-refractivity contribution is 5.89. The highest BCUT2D eigenvalue weighted by atomic mass is 16.6. The predicted octanol–water partition coefficient (Wildman–Crippen LogP) is 1.08. The van der Waals surface area contributed by atoms with Gasteiger partial charge in [0.15, 0.2) is 0 Å². The average molecular weight is 250 g/mol. The van der Waals surface area contributed by atoms with Crippen LogP contribution in [0.15, 0.2) is 24.3 Å². The molecule has 2 amide bonds. The average Bonchev–Trinajstić information content (AvgIpc) is 2.82. The van der Waals surface area contributed by atoms with Crippen molar-refractivity contribution in [1.29, 1.82) is 0 Å². The van der Waals surface area contributed by atoms with E-state index in [0.29, 0.717) is 5.69 Å². The SMILES string of the molecule is O=C(Nc1cccc([N+](=O)[O-])c1)NC1CCNC1. The summed E-state index contributed by atoms with van der Waals surface area (Å²) in [6.07, 6.45) is 0.891. The van der Waals surface area contributed by atoms with Crippen molar-refractivity contribution < 1.29 is 9.72 Å². The van der Waals surface area contributed by atoms with Crippen molar-refractivity contribution in [2.45, 2.75) is 12.5 Å². The smallest absolute Gasteiger partial charge is 0.319 e. The van der Waals surface area contributed by atoms with E-state index < -0.39 is 4.92 Å². The van der Waals surface area contributed by atoms with E-state index in [1.54, 1.807) is 6.07 Å². The number of nitro benzene ring substituents is 1. The fraction of sp³-hybridized carbons (Fsp3) is 0.364. The number of anilines is 1. The number of carbonyl (C=O) groups excluding carboxylic acids is 1. The van der Waals surface area contributed by atoms with Crippen LogP contribution in [0.25, 0.3) is 0 Å². The second kappa shape index (κ2) is 5.46. The molecule has 2 rings (SSSR count). The molecule has 3 N–H and O–H groups in total. The van der Waals surface area contributed by atoms with Gasteiger partial charge in [0.25, 0.3) is 5.69 Å². The monoisotopic (exact) mass is 250 g/mol. The summed E-state index contributed by atoms with van der Waals surface area (Å²) in [5.74, 6) is 0. The van der Waals surface area contributed by atoms with Gasteiger partial charge in [-0.15, -0.1) is 0 Å². The normalized spacial score (nSPS) is 18.3. The number of carbonyl (C=O) groups is 1. The second-order valence-corrected chi connectivity index (χ2v) is 4.10. The molecule has 1 aliphatic heterocycles. The van der Waals surface area contributed by atoms with Crippen molar-refractivity contribution in [3.05, 3.63) is 34.4 Å². The van der Waals surface area contributed by atoms with E-state index >= 15 is 0 Å². The van der Waals surface area contributed by atoms with Crippen molar-refractivity contribution in [2.24, 2.45) is 0 Å². The predicted molar refractivity (Wildman–Crippen MR) is 66.5 cm³/mol. The van der Waals surface area contributed by atoms with Gasteiger partial charge in [-0.2, -0.15) is 0 Å². The molecule has 1 atom stereocenters. The summed E-state index contributed by atoms with van der Waals surface area (Å²) in [6, 6.07) is 5.62. The molecule has 0 saturated carbocycles. The topological polar surface area (TPSA) is 96.3 Å². The summed E-state index contributed by atoms with van der Waals surface area (Å²) >= 11 is 0. The molecule has 0 bridgehead atoms. The third-order valence-electron chi connectivity index (χ3n) is 2.71. The lowest BCUT2D eigenvalue weighted by atomic mass is 10.2. The molecule has 1 heterocycles. The van der Waals surface area contributed by atoms with Crippen LogP contribution >= 0.6 is 0 Å². The molecule has 1 unspecified atom stereocenters. The van der Waals surface area contributed by atoms with E-state index in [9.17, 15) is 14.9 Å². The van der Waals surface area contributed by atoms with Gasteiger partial charge in [0.05, 0.1) is 4.92 Å². The van der Waals surface area contributed by atoms with E-state index in [1.165, 1.54) is 18.2 Å². The zero-order chi connectivity index (χ0) is 13.0. The van der Waals surface area contributed by atoms with Gasteiger partial charge >= 0.3 is 6.03 Å². The molecule has 1 aromatic carbocycles. The number of nitrogens with zero attached hydrogens (tertiary/aromatic N) is 1. The molecule has 0 aliphatic carbocycles. The fourth-order valence-corrected chi connectivity index (χ4v) is 1.83. The van der Waals surface area contributed by atoms with Crippen LogP contribution in [0.2, 0.25) is 0 Å². The molecule has 7 nitrogen and oxygen atoms in total. The number of hydrogen-bond acceptors (Lipinski definition) is 4. The van der Waals surface area contributed by atoms with Crippen molar-refractivity contribution in [2.75, 3.05) is 18.4 Å². The maximum atomic E-state index is 11.6. The van der Waals surface area contributed by atoms with Crippen LogP contribution in [-0.4, -0.2) is 30.1 Å². The minimum Gasteiger partial charge on any atom is -0.334 e. The van der Waals surface area contributed by atoms with E-state index in [1.807, 2.05) is 0 Å². The van der Waals surface area contributed by atoms with Crippen molar-refractivity contribution in [1.82, 2.24) is 10.6 Å². The molecule has 1 aromatic rings. The maximum Gasteiger partial charge on any atom is 0.319 e. The summed E-state index contributed by atoms with van der Waals surface area (Å²) in [7, 11) is 0. The van der Waals surface area contributed by atoms with Crippen molar-refractivity contribution >= 4 is 17.4 Å². The number of nitro groups is 1. The standard InChI is InChI=1S/C11H14N4O3/c16-11(14-9-4-5-12-7-9)13-8-2-1-3-10(6-8)15(17)18/h1-3,6,9,12H,4-5,7H2,(H2,13,14,16). The van der Waals surface area contributed by atoms with Crippen LogP contribution in [0, 0.1) is 10.1 Å². The summed E-state index contributed by atoms with van der Waals surface area (Å²) in [5.41, 5.74) is 0.364. The lowest BCUT2D eigenvalue weighted by Crippen LogP contribution is -2.39. The Morgan fingerprint density at radius 1 is 1.50 bits per heavy atom. The largest absolute Gasteiger partial charge is 0.334 e. The molecule has 0 radical (unpaired) electrons. The molecule has 7 heteroatoms. The number of urea groups is 1. The van der Waals surface area contributed by atoms with Crippen LogP contribution in [-0.2, 0) is 0 Å². The highest BCUT2D eigenvalue weighted by Gasteiger charge is 2.16. The van der Waals surface area contributed by atoms with E-state index in [-0.39, 0.29) is 17.8 Å². The lowest BCUT2D eigenvalue weighted by molar-refractivity contribution is -0.384. The van der Waals surface area contributed by atoms with E-state index in [0.717, 1.165) is 19.5 Å². The zero-order valence-electron chi connectivity index (χ0n) is 9.68. The van der Waals surface area contributed by atoms with Gasteiger partial charge in [-0.25, -0.2) is 4.79 Å². The van der Waals surface area contributed by atoms with Crippen LogP contribution in [0.1, 0.15) is 6.42 Å². The van der Waals surface area contributed by atoms with Crippen LogP contribution in [0.4, 0.5) is 16.2 Å². The number of non-ortho nitro benzene ring substituents is 1. The van der Waals surface area contributed by atoms with Gasteiger partial charge < -0.3 is 16.0 Å². The number of benzene rings is 1. The third kappa shape index (κ3) is 3.17. The first kappa shape index (κ1) is 12.3. The van der Waals surface area contributed by atoms with Gasteiger partial charge in [0.1, 0.15) is 0 Å². The Kier molecular flexibility index (Phi) is 3.73. The molecule has 1 fully saturated rings. The van der Waals surface area contributed by atoms with Gasteiger partial charge in [0, 0.05) is 30.4 Å². The molecule has 96 valence electrons. The Bertz CT molecular complexity index is 457. The molecular formula is C11H14N4O3. The van der Waals surface area contributed by atoms with Gasteiger partial charge in [0.2, 0.25) is 0 Å². The van der Waals surface area contributed by atoms with Crippen LogP contribution in [0.3, 0.4) is 0 Å². The van der Waals surface area contributed by atoms with Crippen molar-refractivity contribution in [3.63, 3.8) is 0 Å². The highest BCUT2D eigenvalue weighted by Crippen LogP contribution is 2.16. The zero-order valence-corrected chi connectivity index (χ0v) is 9.68. The Balaban J connectivity index is 1.93. The van der Waals surface area contributed by atoms with Gasteiger partial charge in [-0.1, -0.05) is 6.07 Å². The Morgan fingerprint density at radius 3 is 3.00 bits per heavy atom. The van der Waals surface area contributed by atoms with Gasteiger partial charge in [-0.3, -0.25) is 10.1 Å². The molecule has 1 aliphatic rings. The second-order valence-electron chi connectivity index (χ2n) is 4.10. The molecule has 18 heavy (non-hydrogen) atoms. The minimum absolute atomic E-state index is 0.0460. The molecule has 0 aromatic heterocycles. The number of nitrogens with one attached hydrogen (secondary N) is 3. The quantitative estimate of drug-likeness (QED) is 0.552. The molecule has 1 saturated heterocycles. The van der Waals surface area contributed by atoms with Gasteiger partial charge in [-0.05, 0) is 19.0 Å². The fourth-order valence-electron chi connectivity index (χ4n) is 1.83. The van der Waals surface area contributed by atoms with E-state index in [4.69, 9.17) is 0 Å². The Morgan fingerprint density at radius 2 is 2.33 bits per heavy atom. The number of amides is 2. The first-order valence-electron chi connectivity index (χ1n) is 5.68. The minimum atomic E-state index is -0.496.